The molecule has 0 aliphatic heterocycles. The molecule has 0 N–H and O–H groups in total. The molecule has 0 spiro atoms. The summed E-state index contributed by atoms with van der Waals surface area (Å²) >= 11 is 0. The number of rotatable bonds is 4. The Bertz CT molecular complexity index is 738. The molecule has 0 saturated carbocycles. The summed E-state index contributed by atoms with van der Waals surface area (Å²) in [6.07, 6.45) is 4.03. The first-order valence-corrected chi connectivity index (χ1v) is 6.92. The lowest BCUT2D eigenvalue weighted by molar-refractivity contribution is 0.112. The fourth-order valence-electron chi connectivity index (χ4n) is 2.56. The van der Waals surface area contributed by atoms with Gasteiger partial charge in [0, 0.05) is 29.2 Å². The van der Waals surface area contributed by atoms with Crippen LogP contribution in [-0.2, 0) is 13.0 Å². The highest BCUT2D eigenvalue weighted by Gasteiger charge is 2.05. The van der Waals surface area contributed by atoms with Crippen LogP contribution >= 0.6 is 0 Å². The average molecular weight is 263 g/mol. The summed E-state index contributed by atoms with van der Waals surface area (Å²) in [5, 5.41) is 1.02. The van der Waals surface area contributed by atoms with E-state index in [9.17, 15) is 4.79 Å². The van der Waals surface area contributed by atoms with Crippen molar-refractivity contribution < 1.29 is 4.79 Å². The topological polar surface area (TPSA) is 22.0 Å². The maximum atomic E-state index is 11.0. The van der Waals surface area contributed by atoms with Gasteiger partial charge in [0.1, 0.15) is 0 Å². The number of benzene rings is 2. The fourth-order valence-corrected chi connectivity index (χ4v) is 2.56. The van der Waals surface area contributed by atoms with Crippen LogP contribution in [0.1, 0.15) is 28.4 Å². The maximum Gasteiger partial charge on any atom is 0.150 e. The van der Waals surface area contributed by atoms with Gasteiger partial charge in [-0.3, -0.25) is 4.79 Å². The molecule has 2 nitrogen and oxygen atoms in total. The Morgan fingerprint density at radius 2 is 1.75 bits per heavy atom. The Kier molecular flexibility index (Phi) is 3.38. The molecule has 0 atom stereocenters. The van der Waals surface area contributed by atoms with Gasteiger partial charge in [-0.05, 0) is 29.7 Å². The van der Waals surface area contributed by atoms with Crippen molar-refractivity contribution in [1.82, 2.24) is 4.57 Å². The smallest absolute Gasteiger partial charge is 0.150 e. The molecule has 100 valence electrons. The van der Waals surface area contributed by atoms with E-state index in [4.69, 9.17) is 0 Å². The largest absolute Gasteiger partial charge is 0.343 e. The molecular formula is C18H17NO. The monoisotopic (exact) mass is 263 g/mol. The number of fused-ring (bicyclic) bond motifs is 1. The minimum absolute atomic E-state index is 0.752. The van der Waals surface area contributed by atoms with Gasteiger partial charge in [-0.2, -0.15) is 0 Å². The van der Waals surface area contributed by atoms with E-state index in [0.717, 1.165) is 35.7 Å². The minimum atomic E-state index is 0.752. The van der Waals surface area contributed by atoms with Gasteiger partial charge in [0.15, 0.2) is 6.29 Å². The van der Waals surface area contributed by atoms with Crippen molar-refractivity contribution in [2.24, 2.45) is 0 Å². The Balaban J connectivity index is 1.96. The van der Waals surface area contributed by atoms with E-state index in [2.05, 4.69) is 41.8 Å². The van der Waals surface area contributed by atoms with Gasteiger partial charge in [-0.1, -0.05) is 43.3 Å². The molecule has 2 heteroatoms. The lowest BCUT2D eigenvalue weighted by Crippen LogP contribution is -1.98. The van der Waals surface area contributed by atoms with Crippen molar-refractivity contribution >= 4 is 17.2 Å². The zero-order valence-electron chi connectivity index (χ0n) is 11.5. The second-order valence-electron chi connectivity index (χ2n) is 5.01. The fraction of sp³-hybridized carbons (Fsp3) is 0.167. The lowest BCUT2D eigenvalue weighted by Gasteiger charge is -2.07. The van der Waals surface area contributed by atoms with E-state index in [1.807, 2.05) is 24.4 Å². The van der Waals surface area contributed by atoms with E-state index in [0.29, 0.717) is 0 Å². The number of hydrogen-bond acceptors (Lipinski definition) is 1. The van der Waals surface area contributed by atoms with E-state index >= 15 is 0 Å². The normalized spacial score (nSPS) is 10.8. The summed E-state index contributed by atoms with van der Waals surface area (Å²) < 4.78 is 2.18. The van der Waals surface area contributed by atoms with E-state index in [1.165, 1.54) is 11.1 Å². The molecule has 3 aromatic rings. The van der Waals surface area contributed by atoms with Gasteiger partial charge < -0.3 is 4.57 Å². The number of carbonyl (C=O) groups is 1. The van der Waals surface area contributed by atoms with Crippen molar-refractivity contribution in [2.45, 2.75) is 19.9 Å². The summed E-state index contributed by atoms with van der Waals surface area (Å²) in [6.45, 7) is 2.99. The SMILES string of the molecule is CCc1ccc(Cn2ccc3c(C=O)cccc32)cc1. The first-order valence-electron chi connectivity index (χ1n) is 6.92. The van der Waals surface area contributed by atoms with Gasteiger partial charge in [0.2, 0.25) is 0 Å². The molecule has 0 fully saturated rings. The first-order chi connectivity index (χ1) is 9.81. The first kappa shape index (κ1) is 12.7. The quantitative estimate of drug-likeness (QED) is 0.650. The predicted octanol–water partition coefficient (Wildman–Crippen LogP) is 4.06. The van der Waals surface area contributed by atoms with Crippen LogP contribution in [0.2, 0.25) is 0 Å². The number of aldehydes is 1. The zero-order chi connectivity index (χ0) is 13.9. The average Bonchev–Trinajstić information content (AvgIpc) is 2.91. The number of aromatic nitrogens is 1. The molecule has 0 aliphatic carbocycles. The third kappa shape index (κ3) is 2.25. The van der Waals surface area contributed by atoms with Gasteiger partial charge in [-0.15, -0.1) is 0 Å². The second-order valence-corrected chi connectivity index (χ2v) is 5.01. The van der Waals surface area contributed by atoms with E-state index in [-0.39, 0.29) is 0 Å². The predicted molar refractivity (Wildman–Crippen MR) is 82.2 cm³/mol. The number of carbonyl (C=O) groups excluding carboxylic acids is 1. The highest BCUT2D eigenvalue weighted by Crippen LogP contribution is 2.20. The van der Waals surface area contributed by atoms with E-state index < -0.39 is 0 Å². The molecule has 3 rings (SSSR count). The molecular weight excluding hydrogens is 246 g/mol. The zero-order valence-corrected chi connectivity index (χ0v) is 11.5. The third-order valence-corrected chi connectivity index (χ3v) is 3.76. The summed E-state index contributed by atoms with van der Waals surface area (Å²) in [7, 11) is 0. The van der Waals surface area contributed by atoms with Crippen molar-refractivity contribution in [3.05, 3.63) is 71.4 Å². The van der Waals surface area contributed by atoms with Crippen molar-refractivity contribution in [2.75, 3.05) is 0 Å². The van der Waals surface area contributed by atoms with Crippen molar-refractivity contribution in [3.63, 3.8) is 0 Å². The molecule has 0 saturated heterocycles. The summed E-state index contributed by atoms with van der Waals surface area (Å²) in [5.74, 6) is 0. The Morgan fingerprint density at radius 1 is 1.00 bits per heavy atom. The molecule has 0 aliphatic rings. The van der Waals surface area contributed by atoms with Crippen LogP contribution in [-0.4, -0.2) is 10.9 Å². The number of nitrogens with zero attached hydrogens (tertiary/aromatic N) is 1. The van der Waals surface area contributed by atoms with Gasteiger partial charge in [0.25, 0.3) is 0 Å². The lowest BCUT2D eigenvalue weighted by atomic mass is 10.1. The molecule has 1 heterocycles. The Hall–Kier alpha value is -2.35. The van der Waals surface area contributed by atoms with Crippen LogP contribution in [0.3, 0.4) is 0 Å². The summed E-state index contributed by atoms with van der Waals surface area (Å²) in [6, 6.07) is 16.6. The van der Waals surface area contributed by atoms with Gasteiger partial charge in [0.05, 0.1) is 0 Å². The van der Waals surface area contributed by atoms with Gasteiger partial charge >= 0.3 is 0 Å². The number of hydrogen-bond donors (Lipinski definition) is 0. The van der Waals surface area contributed by atoms with Gasteiger partial charge in [-0.25, -0.2) is 0 Å². The second kappa shape index (κ2) is 5.33. The van der Waals surface area contributed by atoms with Crippen LogP contribution in [0.25, 0.3) is 10.9 Å². The van der Waals surface area contributed by atoms with Crippen LogP contribution < -0.4 is 0 Å². The van der Waals surface area contributed by atoms with Crippen LogP contribution in [0.4, 0.5) is 0 Å². The van der Waals surface area contributed by atoms with E-state index in [1.54, 1.807) is 0 Å². The van der Waals surface area contributed by atoms with Crippen molar-refractivity contribution in [1.29, 1.82) is 0 Å². The maximum absolute atomic E-state index is 11.0. The molecule has 0 bridgehead atoms. The molecule has 0 unspecified atom stereocenters. The Morgan fingerprint density at radius 3 is 2.45 bits per heavy atom. The third-order valence-electron chi connectivity index (χ3n) is 3.76. The molecule has 20 heavy (non-hydrogen) atoms. The summed E-state index contributed by atoms with van der Waals surface area (Å²) in [5.41, 5.74) is 4.49. The molecule has 1 aromatic heterocycles. The number of aryl methyl sites for hydroxylation is 1. The Labute approximate surface area is 118 Å². The van der Waals surface area contributed by atoms with Crippen molar-refractivity contribution in [3.8, 4) is 0 Å². The highest BCUT2D eigenvalue weighted by molar-refractivity contribution is 5.97. The molecule has 0 amide bonds. The molecule has 0 radical (unpaired) electrons. The highest BCUT2D eigenvalue weighted by atomic mass is 16.1. The standard InChI is InChI=1S/C18H17NO/c1-2-14-6-8-15(9-7-14)12-19-11-10-17-16(13-20)4-3-5-18(17)19/h3-11,13H,2,12H2,1H3. The minimum Gasteiger partial charge on any atom is -0.343 e. The molecule has 2 aromatic carbocycles. The van der Waals surface area contributed by atoms with Crippen LogP contribution in [0.15, 0.2) is 54.7 Å². The van der Waals surface area contributed by atoms with Crippen LogP contribution in [0, 0.1) is 0 Å². The summed E-state index contributed by atoms with van der Waals surface area (Å²) in [4.78, 5) is 11.0. The van der Waals surface area contributed by atoms with Crippen LogP contribution in [0.5, 0.6) is 0 Å².